The minimum atomic E-state index is -3.32. The largest absolute Gasteiger partial charge is 0.381 e. The summed E-state index contributed by atoms with van der Waals surface area (Å²) in [5, 5.41) is 5.04. The van der Waals surface area contributed by atoms with E-state index in [1.54, 1.807) is 0 Å². The number of unbranched alkanes of at least 4 members (excludes halogenated alkanes) is 2. The Morgan fingerprint density at radius 3 is 1.71 bits per heavy atom. The fourth-order valence-electron chi connectivity index (χ4n) is 2.77. The molecule has 24 heavy (non-hydrogen) atoms. The van der Waals surface area contributed by atoms with Crippen LogP contribution in [0.5, 0.6) is 0 Å². The SMILES string of the molecule is CCC(C)(C)CCCCOCCCCC(C)(C)CCCS(N)(=O)=O. The summed E-state index contributed by atoms with van der Waals surface area (Å²) < 4.78 is 27.6. The number of rotatable bonds is 15. The Balaban J connectivity index is 3.55. The summed E-state index contributed by atoms with van der Waals surface area (Å²) in [5.41, 5.74) is 0.644. The van der Waals surface area contributed by atoms with Gasteiger partial charge in [-0.05, 0) is 49.4 Å². The first-order valence-corrected chi connectivity index (χ1v) is 11.3. The zero-order valence-electron chi connectivity index (χ0n) is 16.7. The number of hydrogen-bond acceptors (Lipinski definition) is 3. The average molecular weight is 364 g/mol. The fraction of sp³-hybridized carbons (Fsp3) is 1.00. The summed E-state index contributed by atoms with van der Waals surface area (Å²) >= 11 is 0. The maximum absolute atomic E-state index is 11.0. The molecule has 2 N–H and O–H groups in total. The number of nitrogens with two attached hydrogens (primary N) is 1. The van der Waals surface area contributed by atoms with Gasteiger partial charge in [-0.3, -0.25) is 0 Å². The summed E-state index contributed by atoms with van der Waals surface area (Å²) in [7, 11) is -3.32. The highest BCUT2D eigenvalue weighted by Crippen LogP contribution is 2.29. The first-order chi connectivity index (χ1) is 11.0. The number of hydrogen-bond donors (Lipinski definition) is 1. The van der Waals surface area contributed by atoms with E-state index in [1.165, 1.54) is 19.3 Å². The zero-order valence-corrected chi connectivity index (χ0v) is 17.5. The predicted molar refractivity (Wildman–Crippen MR) is 104 cm³/mol. The van der Waals surface area contributed by atoms with Crippen molar-refractivity contribution in [2.24, 2.45) is 16.0 Å². The predicted octanol–water partition coefficient (Wildman–Crippen LogP) is 4.87. The van der Waals surface area contributed by atoms with Crippen LogP contribution in [0.4, 0.5) is 0 Å². The van der Waals surface area contributed by atoms with Crippen molar-refractivity contribution in [3.8, 4) is 0 Å². The lowest BCUT2D eigenvalue weighted by Gasteiger charge is -2.24. The van der Waals surface area contributed by atoms with Crippen LogP contribution in [0.15, 0.2) is 0 Å². The Morgan fingerprint density at radius 2 is 1.25 bits per heavy atom. The summed E-state index contributed by atoms with van der Waals surface area (Å²) in [6.07, 6.45) is 9.78. The van der Waals surface area contributed by atoms with E-state index < -0.39 is 10.0 Å². The van der Waals surface area contributed by atoms with Crippen molar-refractivity contribution in [2.75, 3.05) is 19.0 Å². The molecule has 0 aromatic heterocycles. The summed E-state index contributed by atoms with van der Waals surface area (Å²) in [4.78, 5) is 0. The highest BCUT2D eigenvalue weighted by molar-refractivity contribution is 7.89. The lowest BCUT2D eigenvalue weighted by atomic mass is 9.83. The van der Waals surface area contributed by atoms with Gasteiger partial charge in [0, 0.05) is 13.2 Å². The van der Waals surface area contributed by atoms with Crippen molar-refractivity contribution >= 4 is 10.0 Å². The fourth-order valence-corrected chi connectivity index (χ4v) is 3.32. The van der Waals surface area contributed by atoms with E-state index in [0.717, 1.165) is 45.3 Å². The third-order valence-electron chi connectivity index (χ3n) is 5.02. The maximum atomic E-state index is 11.0. The van der Waals surface area contributed by atoms with E-state index in [9.17, 15) is 8.42 Å². The van der Waals surface area contributed by atoms with E-state index in [1.807, 2.05) is 0 Å². The molecule has 0 heterocycles. The van der Waals surface area contributed by atoms with Crippen molar-refractivity contribution in [3.05, 3.63) is 0 Å². The van der Waals surface area contributed by atoms with Crippen molar-refractivity contribution in [3.63, 3.8) is 0 Å². The molecule has 0 rings (SSSR count). The van der Waals surface area contributed by atoms with Gasteiger partial charge >= 0.3 is 0 Å². The molecule has 0 amide bonds. The molecule has 146 valence electrons. The molecule has 0 aromatic rings. The van der Waals surface area contributed by atoms with Crippen LogP contribution in [0, 0.1) is 10.8 Å². The Hall–Kier alpha value is -0.130. The van der Waals surface area contributed by atoms with Gasteiger partial charge in [0.15, 0.2) is 0 Å². The molecule has 0 fully saturated rings. The van der Waals surface area contributed by atoms with Crippen LogP contribution in [-0.2, 0) is 14.8 Å². The Bertz CT molecular complexity index is 416. The van der Waals surface area contributed by atoms with Crippen LogP contribution in [0.25, 0.3) is 0 Å². The third-order valence-corrected chi connectivity index (χ3v) is 5.88. The molecule has 0 aliphatic rings. The molecular formula is C19H41NO3S. The topological polar surface area (TPSA) is 69.4 Å². The smallest absolute Gasteiger partial charge is 0.209 e. The second kappa shape index (κ2) is 11.5. The highest BCUT2D eigenvalue weighted by Gasteiger charge is 2.18. The van der Waals surface area contributed by atoms with Gasteiger partial charge in [-0.25, -0.2) is 13.6 Å². The van der Waals surface area contributed by atoms with Gasteiger partial charge in [0.05, 0.1) is 5.75 Å². The van der Waals surface area contributed by atoms with Crippen LogP contribution in [0.2, 0.25) is 0 Å². The molecule has 0 saturated carbocycles. The van der Waals surface area contributed by atoms with E-state index in [-0.39, 0.29) is 11.2 Å². The van der Waals surface area contributed by atoms with Gasteiger partial charge in [0.1, 0.15) is 0 Å². The van der Waals surface area contributed by atoms with Gasteiger partial charge in [0.2, 0.25) is 10.0 Å². The molecule has 0 radical (unpaired) electrons. The molecular weight excluding hydrogens is 322 g/mol. The molecule has 5 heteroatoms. The van der Waals surface area contributed by atoms with E-state index in [0.29, 0.717) is 11.8 Å². The van der Waals surface area contributed by atoms with Crippen LogP contribution in [0.1, 0.15) is 92.4 Å². The van der Waals surface area contributed by atoms with Crippen molar-refractivity contribution < 1.29 is 13.2 Å². The van der Waals surface area contributed by atoms with Crippen LogP contribution < -0.4 is 5.14 Å². The third kappa shape index (κ3) is 15.4. The Morgan fingerprint density at radius 1 is 0.792 bits per heavy atom. The van der Waals surface area contributed by atoms with Crippen LogP contribution >= 0.6 is 0 Å². The molecule has 0 unspecified atom stereocenters. The zero-order chi connectivity index (χ0) is 18.7. The van der Waals surface area contributed by atoms with Gasteiger partial charge in [0.25, 0.3) is 0 Å². The Kier molecular flexibility index (Phi) is 11.4. The normalized spacial score (nSPS) is 13.4. The first-order valence-electron chi connectivity index (χ1n) is 9.56. The Labute approximate surface area is 151 Å². The minimum Gasteiger partial charge on any atom is -0.381 e. The van der Waals surface area contributed by atoms with Crippen molar-refractivity contribution in [2.45, 2.75) is 92.4 Å². The van der Waals surface area contributed by atoms with Crippen molar-refractivity contribution in [1.29, 1.82) is 0 Å². The molecule has 0 saturated heterocycles. The molecule has 4 nitrogen and oxygen atoms in total. The summed E-state index contributed by atoms with van der Waals surface area (Å²) in [6.45, 7) is 13.0. The number of ether oxygens (including phenoxy) is 1. The second-order valence-corrected chi connectivity index (χ2v) is 10.4. The van der Waals surface area contributed by atoms with Crippen LogP contribution in [-0.4, -0.2) is 27.4 Å². The summed E-state index contributed by atoms with van der Waals surface area (Å²) in [5.74, 6) is 0.0916. The van der Waals surface area contributed by atoms with Gasteiger partial charge in [-0.1, -0.05) is 53.9 Å². The molecule has 0 aromatic carbocycles. The molecule has 0 aliphatic heterocycles. The molecule has 0 bridgehead atoms. The highest BCUT2D eigenvalue weighted by atomic mass is 32.2. The summed E-state index contributed by atoms with van der Waals surface area (Å²) in [6, 6.07) is 0. The van der Waals surface area contributed by atoms with Gasteiger partial charge in [-0.2, -0.15) is 0 Å². The first kappa shape index (κ1) is 23.9. The van der Waals surface area contributed by atoms with E-state index in [2.05, 4.69) is 34.6 Å². The lowest BCUT2D eigenvalue weighted by Crippen LogP contribution is -2.19. The van der Waals surface area contributed by atoms with E-state index in [4.69, 9.17) is 9.88 Å². The van der Waals surface area contributed by atoms with Gasteiger partial charge in [-0.15, -0.1) is 0 Å². The minimum absolute atomic E-state index is 0.0916. The standard InChI is InChI=1S/C19H41NO3S/c1-6-18(2,3)12-7-9-15-23-16-10-8-13-19(4,5)14-11-17-24(20,21)22/h6-17H2,1-5H3,(H2,20,21,22). The van der Waals surface area contributed by atoms with E-state index >= 15 is 0 Å². The maximum Gasteiger partial charge on any atom is 0.209 e. The monoisotopic (exact) mass is 363 g/mol. The molecule has 0 spiro atoms. The number of sulfonamides is 1. The molecule has 0 aliphatic carbocycles. The number of primary sulfonamides is 1. The average Bonchev–Trinajstić information content (AvgIpc) is 2.43. The quantitative estimate of drug-likeness (QED) is 0.422. The van der Waals surface area contributed by atoms with Crippen molar-refractivity contribution in [1.82, 2.24) is 0 Å². The lowest BCUT2D eigenvalue weighted by molar-refractivity contribution is 0.120. The van der Waals surface area contributed by atoms with Crippen LogP contribution in [0.3, 0.4) is 0 Å². The molecule has 0 atom stereocenters. The van der Waals surface area contributed by atoms with Gasteiger partial charge < -0.3 is 4.74 Å². The second-order valence-electron chi connectivity index (χ2n) is 8.68.